The molecule has 0 bridgehead atoms. The molecular weight excluding hydrogens is 266 g/mol. The number of hydrogen-bond acceptors (Lipinski definition) is 2. The molecule has 0 radical (unpaired) electrons. The smallest absolute Gasteiger partial charge is 0.0688 e. The van der Waals surface area contributed by atoms with E-state index < -0.39 is 5.60 Å². The fraction of sp³-hybridized carbons (Fsp3) is 0.615. The van der Waals surface area contributed by atoms with Crippen LogP contribution < -0.4 is 0 Å². The van der Waals surface area contributed by atoms with E-state index >= 15 is 0 Å². The Morgan fingerprint density at radius 3 is 2.75 bits per heavy atom. The molecule has 1 saturated carbocycles. The lowest BCUT2D eigenvalue weighted by Gasteiger charge is -2.35. The second kappa shape index (κ2) is 4.84. The number of rotatable bonds is 2. The minimum atomic E-state index is -0.505. The molecule has 0 aliphatic heterocycles. The molecule has 0 amide bonds. The van der Waals surface area contributed by atoms with Gasteiger partial charge >= 0.3 is 0 Å². The van der Waals surface area contributed by atoms with E-state index in [-0.39, 0.29) is 0 Å². The van der Waals surface area contributed by atoms with Crippen LogP contribution in [0.3, 0.4) is 0 Å². The van der Waals surface area contributed by atoms with Crippen LogP contribution in [0, 0.1) is 5.92 Å². The van der Waals surface area contributed by atoms with E-state index in [4.69, 9.17) is 0 Å². The van der Waals surface area contributed by atoms with Crippen LogP contribution in [-0.2, 0) is 6.42 Å². The number of aromatic nitrogens is 1. The Balaban J connectivity index is 2.03. The summed E-state index contributed by atoms with van der Waals surface area (Å²) < 4.78 is 0.984. The van der Waals surface area contributed by atoms with Gasteiger partial charge < -0.3 is 5.11 Å². The van der Waals surface area contributed by atoms with Gasteiger partial charge in [0.1, 0.15) is 0 Å². The molecule has 0 saturated heterocycles. The van der Waals surface area contributed by atoms with Crippen LogP contribution in [0.4, 0.5) is 0 Å². The number of pyridine rings is 1. The molecule has 0 unspecified atom stereocenters. The molecule has 2 nitrogen and oxygen atoms in total. The predicted octanol–water partition coefficient (Wildman–Crippen LogP) is 3.33. The molecule has 0 atom stereocenters. The van der Waals surface area contributed by atoms with Gasteiger partial charge in [-0.05, 0) is 59.2 Å². The predicted molar refractivity (Wildman–Crippen MR) is 68.2 cm³/mol. The number of hydrogen-bond donors (Lipinski definition) is 1. The van der Waals surface area contributed by atoms with Crippen LogP contribution in [0.1, 0.15) is 38.2 Å². The van der Waals surface area contributed by atoms with Crippen LogP contribution in [0.25, 0.3) is 0 Å². The minimum absolute atomic E-state index is 0.505. The first-order valence-corrected chi connectivity index (χ1v) is 6.68. The first-order valence-electron chi connectivity index (χ1n) is 5.89. The fourth-order valence-electron chi connectivity index (χ4n) is 2.41. The molecule has 1 aromatic heterocycles. The summed E-state index contributed by atoms with van der Waals surface area (Å²) in [6, 6.07) is 2.04. The third-order valence-electron chi connectivity index (χ3n) is 3.50. The average molecular weight is 284 g/mol. The summed E-state index contributed by atoms with van der Waals surface area (Å²) in [6.07, 6.45) is 8.46. The average Bonchev–Trinajstić information content (AvgIpc) is 2.23. The van der Waals surface area contributed by atoms with Crippen LogP contribution >= 0.6 is 15.9 Å². The standard InChI is InChI=1S/C13H18BrNO/c1-10-2-4-13(16,5-3-10)7-11-6-12(14)9-15-8-11/h6,8-10,16H,2-5,7H2,1H3. The molecule has 16 heavy (non-hydrogen) atoms. The molecule has 3 heteroatoms. The first kappa shape index (κ1) is 12.1. The van der Waals surface area contributed by atoms with Crippen molar-refractivity contribution in [3.8, 4) is 0 Å². The van der Waals surface area contributed by atoms with Crippen LogP contribution in [0.2, 0.25) is 0 Å². The van der Waals surface area contributed by atoms with E-state index in [0.29, 0.717) is 0 Å². The van der Waals surface area contributed by atoms with Crippen molar-refractivity contribution in [2.75, 3.05) is 0 Å². The number of halogens is 1. The molecule has 1 N–H and O–H groups in total. The van der Waals surface area contributed by atoms with Gasteiger partial charge in [0.05, 0.1) is 5.60 Å². The molecule has 1 fully saturated rings. The Morgan fingerprint density at radius 2 is 2.12 bits per heavy atom. The Hall–Kier alpha value is -0.410. The van der Waals surface area contributed by atoms with Gasteiger partial charge in [0.2, 0.25) is 0 Å². The molecule has 1 aromatic rings. The maximum Gasteiger partial charge on any atom is 0.0688 e. The highest BCUT2D eigenvalue weighted by Crippen LogP contribution is 2.34. The summed E-state index contributed by atoms with van der Waals surface area (Å²) in [5, 5.41) is 10.5. The topological polar surface area (TPSA) is 33.1 Å². The van der Waals surface area contributed by atoms with Gasteiger partial charge in [-0.15, -0.1) is 0 Å². The fourth-order valence-corrected chi connectivity index (χ4v) is 2.82. The van der Waals surface area contributed by atoms with Crippen molar-refractivity contribution in [1.29, 1.82) is 0 Å². The number of nitrogens with zero attached hydrogens (tertiary/aromatic N) is 1. The van der Waals surface area contributed by atoms with Gasteiger partial charge in [-0.2, -0.15) is 0 Å². The maximum atomic E-state index is 10.5. The SMILES string of the molecule is CC1CCC(O)(Cc2cncc(Br)c2)CC1. The molecule has 2 rings (SSSR count). The highest BCUT2D eigenvalue weighted by Gasteiger charge is 2.31. The van der Waals surface area contributed by atoms with Crippen molar-refractivity contribution in [3.63, 3.8) is 0 Å². The molecule has 1 aliphatic rings. The lowest BCUT2D eigenvalue weighted by Crippen LogP contribution is -2.35. The third-order valence-corrected chi connectivity index (χ3v) is 3.93. The normalized spacial score (nSPS) is 30.3. The summed E-state index contributed by atoms with van der Waals surface area (Å²) in [4.78, 5) is 4.14. The monoisotopic (exact) mass is 283 g/mol. The third kappa shape index (κ3) is 3.05. The molecular formula is C13H18BrNO. The Labute approximate surface area is 105 Å². The Kier molecular flexibility index (Phi) is 3.65. The lowest BCUT2D eigenvalue weighted by atomic mass is 9.77. The summed E-state index contributed by atoms with van der Waals surface area (Å²) in [6.45, 7) is 2.26. The first-order chi connectivity index (χ1) is 7.57. The van der Waals surface area contributed by atoms with E-state index in [9.17, 15) is 5.11 Å². The van der Waals surface area contributed by atoms with Crippen molar-refractivity contribution < 1.29 is 5.11 Å². The van der Waals surface area contributed by atoms with Gasteiger partial charge in [0.15, 0.2) is 0 Å². The molecule has 88 valence electrons. The van der Waals surface area contributed by atoms with Crippen LogP contribution in [0.5, 0.6) is 0 Å². The van der Waals surface area contributed by atoms with Gasteiger partial charge in [-0.1, -0.05) is 6.92 Å². The zero-order valence-corrected chi connectivity index (χ0v) is 11.2. The van der Waals surface area contributed by atoms with Crippen molar-refractivity contribution in [3.05, 3.63) is 28.5 Å². The highest BCUT2D eigenvalue weighted by molar-refractivity contribution is 9.10. The van der Waals surface area contributed by atoms with Gasteiger partial charge in [0.25, 0.3) is 0 Å². The van der Waals surface area contributed by atoms with E-state index in [2.05, 4.69) is 27.8 Å². The Bertz CT molecular complexity index is 359. The van der Waals surface area contributed by atoms with Crippen molar-refractivity contribution in [2.45, 2.75) is 44.6 Å². The largest absolute Gasteiger partial charge is 0.390 e. The quantitative estimate of drug-likeness (QED) is 0.903. The van der Waals surface area contributed by atoms with E-state index in [1.54, 1.807) is 6.20 Å². The van der Waals surface area contributed by atoms with Crippen LogP contribution in [0.15, 0.2) is 22.9 Å². The molecule has 0 aromatic carbocycles. The zero-order chi connectivity index (χ0) is 11.6. The van der Waals surface area contributed by atoms with Crippen LogP contribution in [-0.4, -0.2) is 15.7 Å². The van der Waals surface area contributed by atoms with Crippen molar-refractivity contribution in [1.82, 2.24) is 4.98 Å². The second-order valence-corrected chi connectivity index (χ2v) is 6.01. The number of aliphatic hydroxyl groups is 1. The van der Waals surface area contributed by atoms with E-state index in [1.165, 1.54) is 0 Å². The summed E-state index contributed by atoms with van der Waals surface area (Å²) >= 11 is 3.41. The zero-order valence-electron chi connectivity index (χ0n) is 9.62. The Morgan fingerprint density at radius 1 is 1.44 bits per heavy atom. The van der Waals surface area contributed by atoms with Crippen molar-refractivity contribution >= 4 is 15.9 Å². The summed E-state index contributed by atoms with van der Waals surface area (Å²) in [5.41, 5.74) is 0.612. The second-order valence-electron chi connectivity index (χ2n) is 5.10. The highest BCUT2D eigenvalue weighted by atomic mass is 79.9. The minimum Gasteiger partial charge on any atom is -0.390 e. The van der Waals surface area contributed by atoms with Gasteiger partial charge in [-0.25, -0.2) is 0 Å². The van der Waals surface area contributed by atoms with Gasteiger partial charge in [0, 0.05) is 23.3 Å². The summed E-state index contributed by atoms with van der Waals surface area (Å²) in [7, 11) is 0. The molecule has 1 heterocycles. The molecule has 1 aliphatic carbocycles. The van der Waals surface area contributed by atoms with E-state index in [0.717, 1.165) is 48.1 Å². The van der Waals surface area contributed by atoms with E-state index in [1.807, 2.05) is 12.3 Å². The van der Waals surface area contributed by atoms with Gasteiger partial charge in [-0.3, -0.25) is 4.98 Å². The molecule has 0 spiro atoms. The van der Waals surface area contributed by atoms with Crippen molar-refractivity contribution in [2.24, 2.45) is 5.92 Å². The lowest BCUT2D eigenvalue weighted by molar-refractivity contribution is -0.00674. The summed E-state index contributed by atoms with van der Waals surface area (Å²) in [5.74, 6) is 0.765. The maximum absolute atomic E-state index is 10.5.